The van der Waals surface area contributed by atoms with Crippen molar-refractivity contribution < 1.29 is 21.8 Å². The summed E-state index contributed by atoms with van der Waals surface area (Å²) < 4.78 is 40.9. The minimum absolute atomic E-state index is 0.281. The molecule has 0 aromatic heterocycles. The van der Waals surface area contributed by atoms with Crippen LogP contribution in [0.4, 0.5) is 0 Å². The van der Waals surface area contributed by atoms with Crippen LogP contribution in [-0.2, 0) is 19.0 Å². The highest BCUT2D eigenvalue weighted by atomic mass is 32.2. The molecular weight excluding hydrogens is 212 g/mol. The summed E-state index contributed by atoms with van der Waals surface area (Å²) in [6.07, 6.45) is 0.281. The highest BCUT2D eigenvalue weighted by Gasteiger charge is 2.46. The summed E-state index contributed by atoms with van der Waals surface area (Å²) in [4.78, 5) is -0.935. The lowest BCUT2D eigenvalue weighted by Crippen LogP contribution is -2.52. The highest BCUT2D eigenvalue weighted by Crippen LogP contribution is 2.19. The molecule has 1 atom stereocenters. The molecule has 1 unspecified atom stereocenters. The van der Waals surface area contributed by atoms with Crippen molar-refractivity contribution in [2.45, 2.75) is 24.8 Å². The van der Waals surface area contributed by atoms with Crippen LogP contribution in [0.2, 0.25) is 6.55 Å². The van der Waals surface area contributed by atoms with Crippen LogP contribution in [0.1, 0.15) is 13.3 Å². The molecule has 0 bridgehead atoms. The zero-order chi connectivity index (χ0) is 10.7. The summed E-state index contributed by atoms with van der Waals surface area (Å²) in [5.41, 5.74) is 0. The molecule has 0 saturated carbocycles. The second kappa shape index (κ2) is 4.51. The third-order valence-electron chi connectivity index (χ3n) is 2.13. The molecule has 0 radical (unpaired) electrons. The van der Waals surface area contributed by atoms with E-state index < -0.39 is 23.6 Å². The molecule has 0 aliphatic carbocycles. The van der Waals surface area contributed by atoms with Gasteiger partial charge in [0.05, 0.1) is 0 Å². The van der Waals surface area contributed by atoms with Crippen LogP contribution in [0, 0.1) is 0 Å². The smallest absolute Gasteiger partial charge is 0.355 e. The Bertz CT molecular complexity index is 246. The van der Waals surface area contributed by atoms with Crippen molar-refractivity contribution in [1.29, 1.82) is 0 Å². The van der Waals surface area contributed by atoms with E-state index in [1.807, 2.05) is 0 Å². The molecule has 13 heavy (non-hydrogen) atoms. The van der Waals surface area contributed by atoms with E-state index in [1.165, 1.54) is 14.2 Å². The molecule has 1 N–H and O–H groups in total. The van der Waals surface area contributed by atoms with Gasteiger partial charge in [0.15, 0.2) is 0 Å². The van der Waals surface area contributed by atoms with E-state index in [0.717, 1.165) is 0 Å². The summed E-state index contributed by atoms with van der Waals surface area (Å²) >= 11 is 0. The van der Waals surface area contributed by atoms with E-state index in [-0.39, 0.29) is 6.42 Å². The van der Waals surface area contributed by atoms with Crippen molar-refractivity contribution in [3.63, 3.8) is 0 Å². The largest absolute Gasteiger partial charge is 0.397 e. The van der Waals surface area contributed by atoms with Crippen molar-refractivity contribution in [3.8, 4) is 0 Å². The maximum Gasteiger partial charge on any atom is 0.355 e. The predicted molar refractivity (Wildman–Crippen MR) is 51.3 cm³/mol. The van der Waals surface area contributed by atoms with Gasteiger partial charge in [-0.15, -0.1) is 0 Å². The Morgan fingerprint density at radius 1 is 1.38 bits per heavy atom. The molecule has 0 aromatic carbocycles. The van der Waals surface area contributed by atoms with Gasteiger partial charge in [0.2, 0.25) is 0 Å². The van der Waals surface area contributed by atoms with Crippen LogP contribution in [-0.4, -0.2) is 40.6 Å². The Hall–Kier alpha value is 0.0469. The molecule has 0 aliphatic heterocycles. The molecule has 0 saturated heterocycles. The van der Waals surface area contributed by atoms with Gasteiger partial charge in [-0.25, -0.2) is 0 Å². The number of hydrogen-bond acceptors (Lipinski definition) is 4. The molecular formula is C6H16O5SSi. The van der Waals surface area contributed by atoms with E-state index in [9.17, 15) is 8.42 Å². The first kappa shape index (κ1) is 13.0. The lowest BCUT2D eigenvalue weighted by atomic mass is 10.6. The first-order valence-electron chi connectivity index (χ1n) is 3.88. The van der Waals surface area contributed by atoms with Gasteiger partial charge in [0, 0.05) is 14.2 Å². The zero-order valence-electron chi connectivity index (χ0n) is 8.27. The van der Waals surface area contributed by atoms with Gasteiger partial charge in [0.25, 0.3) is 10.1 Å². The summed E-state index contributed by atoms with van der Waals surface area (Å²) in [7, 11) is -4.10. The van der Waals surface area contributed by atoms with Crippen LogP contribution < -0.4 is 0 Å². The minimum Gasteiger partial charge on any atom is -0.397 e. The number of hydrogen-bond donors (Lipinski definition) is 1. The normalized spacial score (nSPS) is 15.8. The van der Waals surface area contributed by atoms with E-state index in [0.29, 0.717) is 0 Å². The van der Waals surface area contributed by atoms with Gasteiger partial charge >= 0.3 is 8.56 Å². The quantitative estimate of drug-likeness (QED) is 0.550. The highest BCUT2D eigenvalue weighted by molar-refractivity contribution is 7.88. The van der Waals surface area contributed by atoms with E-state index in [4.69, 9.17) is 13.4 Å². The van der Waals surface area contributed by atoms with Crippen LogP contribution in [0.5, 0.6) is 0 Å². The second-order valence-corrected chi connectivity index (χ2v) is 8.40. The lowest BCUT2D eigenvalue weighted by Gasteiger charge is -2.28. The molecule has 0 rings (SSSR count). The van der Waals surface area contributed by atoms with E-state index in [2.05, 4.69) is 0 Å². The van der Waals surface area contributed by atoms with E-state index >= 15 is 0 Å². The van der Waals surface area contributed by atoms with Crippen LogP contribution in [0.25, 0.3) is 0 Å². The molecule has 5 nitrogen and oxygen atoms in total. The van der Waals surface area contributed by atoms with Crippen molar-refractivity contribution in [2.75, 3.05) is 14.2 Å². The fourth-order valence-electron chi connectivity index (χ4n) is 1.20. The summed E-state index contributed by atoms with van der Waals surface area (Å²) in [6.45, 7) is 3.27. The van der Waals surface area contributed by atoms with E-state index in [1.54, 1.807) is 13.5 Å². The van der Waals surface area contributed by atoms with Crippen LogP contribution in [0.3, 0.4) is 0 Å². The average Bonchev–Trinajstić information content (AvgIpc) is 2.02. The Morgan fingerprint density at radius 3 is 1.85 bits per heavy atom. The van der Waals surface area contributed by atoms with Crippen molar-refractivity contribution in [2.24, 2.45) is 0 Å². The second-order valence-electron chi connectivity index (χ2n) is 2.84. The molecule has 7 heteroatoms. The molecule has 0 aromatic rings. The Morgan fingerprint density at radius 2 is 1.77 bits per heavy atom. The minimum atomic E-state index is -4.09. The van der Waals surface area contributed by atoms with Crippen LogP contribution >= 0.6 is 0 Å². The SMILES string of the molecule is CCC([Si](C)(OC)OC)S(=O)(=O)O. The summed E-state index contributed by atoms with van der Waals surface area (Å²) in [5, 5.41) is 0. The standard InChI is InChI=1S/C6H16O5SSi/c1-5-6(12(7,8)9)13(4,10-2)11-3/h6H,5H2,1-4H3,(H,7,8,9). The molecule has 0 heterocycles. The summed E-state index contributed by atoms with van der Waals surface area (Å²) in [5.74, 6) is 0. The molecule has 0 aliphatic rings. The Kier molecular flexibility index (Phi) is 4.53. The van der Waals surface area contributed by atoms with Gasteiger partial charge in [-0.2, -0.15) is 8.42 Å². The topological polar surface area (TPSA) is 72.8 Å². The fourth-order valence-corrected chi connectivity index (χ4v) is 5.80. The molecule has 0 spiro atoms. The van der Waals surface area contributed by atoms with Gasteiger partial charge in [-0.3, -0.25) is 4.55 Å². The first-order chi connectivity index (χ1) is 5.81. The van der Waals surface area contributed by atoms with Gasteiger partial charge in [0.1, 0.15) is 4.87 Å². The van der Waals surface area contributed by atoms with Gasteiger partial charge in [-0.1, -0.05) is 6.92 Å². The molecule has 80 valence electrons. The van der Waals surface area contributed by atoms with Gasteiger partial charge in [-0.05, 0) is 13.0 Å². The van der Waals surface area contributed by atoms with Crippen LogP contribution in [0.15, 0.2) is 0 Å². The number of rotatable bonds is 5. The Labute approximate surface area is 80.0 Å². The molecule has 0 fully saturated rings. The van der Waals surface area contributed by atoms with Gasteiger partial charge < -0.3 is 8.85 Å². The lowest BCUT2D eigenvalue weighted by molar-refractivity contribution is 0.243. The Balaban J connectivity index is 4.96. The average molecular weight is 228 g/mol. The summed E-state index contributed by atoms with van der Waals surface area (Å²) in [6, 6.07) is 0. The predicted octanol–water partition coefficient (Wildman–Crippen LogP) is 0.557. The monoisotopic (exact) mass is 228 g/mol. The van der Waals surface area contributed by atoms with Crippen molar-refractivity contribution in [1.82, 2.24) is 0 Å². The maximum absolute atomic E-state index is 11.0. The third-order valence-corrected chi connectivity index (χ3v) is 8.56. The third kappa shape index (κ3) is 3.03. The first-order valence-corrected chi connectivity index (χ1v) is 7.78. The van der Waals surface area contributed by atoms with Crippen molar-refractivity contribution >= 4 is 18.7 Å². The molecule has 0 amide bonds. The van der Waals surface area contributed by atoms with Crippen molar-refractivity contribution in [3.05, 3.63) is 0 Å². The maximum atomic E-state index is 11.0. The zero-order valence-corrected chi connectivity index (χ0v) is 10.1. The fraction of sp³-hybridized carbons (Fsp3) is 1.00.